The standard InChI is InChI=1S/C11H18N2O3/c1-5-11(6-2,16-4)10-12-7-8(13-10)9(14)15-3/h7H,5-6H2,1-4H3,(H,12,13). The van der Waals surface area contributed by atoms with Gasteiger partial charge in [0, 0.05) is 7.11 Å². The molecule has 90 valence electrons. The zero-order chi connectivity index (χ0) is 12.2. The summed E-state index contributed by atoms with van der Waals surface area (Å²) in [6.07, 6.45) is 3.04. The molecule has 5 nitrogen and oxygen atoms in total. The Labute approximate surface area is 95.2 Å². The maximum Gasteiger partial charge on any atom is 0.356 e. The SMILES string of the molecule is CCC(CC)(OC)c1ncc(C(=O)OC)[nH]1. The fraction of sp³-hybridized carbons (Fsp3) is 0.636. The summed E-state index contributed by atoms with van der Waals surface area (Å²) in [5.74, 6) is 0.247. The van der Waals surface area contributed by atoms with Gasteiger partial charge in [0.25, 0.3) is 0 Å². The highest BCUT2D eigenvalue weighted by Gasteiger charge is 2.31. The molecule has 1 N–H and O–H groups in total. The predicted octanol–water partition coefficient (Wildman–Crippen LogP) is 1.86. The molecule has 0 spiro atoms. The van der Waals surface area contributed by atoms with Gasteiger partial charge in [-0.15, -0.1) is 0 Å². The third-order valence-electron chi connectivity index (χ3n) is 2.95. The molecule has 0 amide bonds. The highest BCUT2D eigenvalue weighted by atomic mass is 16.5. The van der Waals surface area contributed by atoms with Crippen molar-refractivity contribution < 1.29 is 14.3 Å². The molecule has 0 aliphatic carbocycles. The van der Waals surface area contributed by atoms with Gasteiger partial charge < -0.3 is 14.5 Å². The van der Waals surface area contributed by atoms with E-state index in [1.165, 1.54) is 13.3 Å². The van der Waals surface area contributed by atoms with Crippen molar-refractivity contribution in [2.75, 3.05) is 14.2 Å². The smallest absolute Gasteiger partial charge is 0.356 e. The first-order chi connectivity index (χ1) is 7.63. The molecule has 1 aromatic heterocycles. The van der Waals surface area contributed by atoms with E-state index in [0.717, 1.165) is 12.8 Å². The third kappa shape index (κ3) is 2.09. The third-order valence-corrected chi connectivity index (χ3v) is 2.95. The number of rotatable bonds is 5. The van der Waals surface area contributed by atoms with Gasteiger partial charge in [-0.2, -0.15) is 0 Å². The molecular formula is C11H18N2O3. The van der Waals surface area contributed by atoms with Gasteiger partial charge in [-0.1, -0.05) is 13.8 Å². The van der Waals surface area contributed by atoms with E-state index in [9.17, 15) is 4.79 Å². The second-order valence-electron chi connectivity index (χ2n) is 3.54. The van der Waals surface area contributed by atoms with Crippen LogP contribution in [0.15, 0.2) is 6.20 Å². The highest BCUT2D eigenvalue weighted by molar-refractivity contribution is 5.86. The monoisotopic (exact) mass is 226 g/mol. The number of carbonyl (C=O) groups is 1. The number of nitrogens with zero attached hydrogens (tertiary/aromatic N) is 1. The molecule has 0 bridgehead atoms. The summed E-state index contributed by atoms with van der Waals surface area (Å²) >= 11 is 0. The summed E-state index contributed by atoms with van der Waals surface area (Å²) in [4.78, 5) is 18.4. The van der Waals surface area contributed by atoms with E-state index in [-0.39, 0.29) is 0 Å². The lowest BCUT2D eigenvalue weighted by atomic mass is 9.96. The molecule has 1 heterocycles. The van der Waals surface area contributed by atoms with Crippen molar-refractivity contribution in [2.45, 2.75) is 32.3 Å². The normalized spacial score (nSPS) is 11.5. The van der Waals surface area contributed by atoms with Gasteiger partial charge in [-0.05, 0) is 12.8 Å². The lowest BCUT2D eigenvalue weighted by Gasteiger charge is -2.27. The molecule has 5 heteroatoms. The first-order valence-electron chi connectivity index (χ1n) is 5.32. The number of ether oxygens (including phenoxy) is 2. The average Bonchev–Trinajstić information content (AvgIpc) is 2.81. The van der Waals surface area contributed by atoms with E-state index < -0.39 is 11.6 Å². The predicted molar refractivity (Wildman–Crippen MR) is 59.2 cm³/mol. The molecule has 0 fully saturated rings. The van der Waals surface area contributed by atoms with E-state index in [2.05, 4.69) is 14.7 Å². The van der Waals surface area contributed by atoms with Crippen LogP contribution in [0.25, 0.3) is 0 Å². The van der Waals surface area contributed by atoms with Gasteiger partial charge in [-0.25, -0.2) is 9.78 Å². The molecule has 0 radical (unpaired) electrons. The summed E-state index contributed by atoms with van der Waals surface area (Å²) < 4.78 is 10.1. The number of hydrogen-bond donors (Lipinski definition) is 1. The first kappa shape index (κ1) is 12.7. The van der Waals surface area contributed by atoms with Crippen LogP contribution >= 0.6 is 0 Å². The van der Waals surface area contributed by atoms with E-state index >= 15 is 0 Å². The Bertz CT molecular complexity index is 348. The van der Waals surface area contributed by atoms with Crippen LogP contribution in [0, 0.1) is 0 Å². The molecule has 0 saturated carbocycles. The van der Waals surface area contributed by atoms with Crippen LogP contribution in [0.5, 0.6) is 0 Å². The average molecular weight is 226 g/mol. The number of aromatic nitrogens is 2. The van der Waals surface area contributed by atoms with Crippen LogP contribution in [0.3, 0.4) is 0 Å². The van der Waals surface area contributed by atoms with Crippen LogP contribution in [0.1, 0.15) is 43.0 Å². The van der Waals surface area contributed by atoms with Crippen LogP contribution in [-0.4, -0.2) is 30.2 Å². The van der Waals surface area contributed by atoms with Gasteiger partial charge in [0.1, 0.15) is 17.1 Å². The Morgan fingerprint density at radius 2 is 2.06 bits per heavy atom. The lowest BCUT2D eigenvalue weighted by Crippen LogP contribution is -2.28. The van der Waals surface area contributed by atoms with Crippen LogP contribution in [0.2, 0.25) is 0 Å². The zero-order valence-corrected chi connectivity index (χ0v) is 10.2. The van der Waals surface area contributed by atoms with Crippen LogP contribution in [-0.2, 0) is 15.1 Å². The van der Waals surface area contributed by atoms with Gasteiger partial charge in [0.05, 0.1) is 13.3 Å². The molecule has 1 rings (SSSR count). The minimum atomic E-state index is -0.452. The topological polar surface area (TPSA) is 64.2 Å². The number of imidazole rings is 1. The quantitative estimate of drug-likeness (QED) is 0.778. The number of carbonyl (C=O) groups excluding carboxylic acids is 1. The van der Waals surface area contributed by atoms with Crippen molar-refractivity contribution in [2.24, 2.45) is 0 Å². The maximum atomic E-state index is 11.3. The molecule has 0 atom stereocenters. The first-order valence-corrected chi connectivity index (χ1v) is 5.32. The van der Waals surface area contributed by atoms with Crippen LogP contribution in [0.4, 0.5) is 0 Å². The Kier molecular flexibility index (Phi) is 4.06. The summed E-state index contributed by atoms with van der Waals surface area (Å²) in [6.45, 7) is 4.04. The van der Waals surface area contributed by atoms with Gasteiger partial charge in [0.2, 0.25) is 0 Å². The number of aromatic amines is 1. The number of methoxy groups -OCH3 is 2. The Hall–Kier alpha value is -1.36. The fourth-order valence-corrected chi connectivity index (χ4v) is 1.74. The van der Waals surface area contributed by atoms with E-state index in [4.69, 9.17) is 4.74 Å². The molecule has 0 unspecified atom stereocenters. The second kappa shape index (κ2) is 5.12. The highest BCUT2D eigenvalue weighted by Crippen LogP contribution is 2.29. The minimum absolute atomic E-state index is 0.348. The molecular weight excluding hydrogens is 208 g/mol. The zero-order valence-electron chi connectivity index (χ0n) is 10.2. The number of nitrogens with one attached hydrogen (secondary N) is 1. The summed E-state index contributed by atoms with van der Waals surface area (Å²) in [6, 6.07) is 0. The lowest BCUT2D eigenvalue weighted by molar-refractivity contribution is -0.0285. The van der Waals surface area contributed by atoms with Crippen molar-refractivity contribution in [1.29, 1.82) is 0 Å². The van der Waals surface area contributed by atoms with Crippen molar-refractivity contribution in [3.05, 3.63) is 17.7 Å². The molecule has 0 aromatic carbocycles. The van der Waals surface area contributed by atoms with E-state index in [0.29, 0.717) is 11.5 Å². The number of esters is 1. The molecule has 0 aliphatic heterocycles. The van der Waals surface area contributed by atoms with E-state index in [1.54, 1.807) is 7.11 Å². The summed E-state index contributed by atoms with van der Waals surface area (Å²) in [5.41, 5.74) is -0.104. The fourth-order valence-electron chi connectivity index (χ4n) is 1.74. The second-order valence-corrected chi connectivity index (χ2v) is 3.54. The van der Waals surface area contributed by atoms with Crippen molar-refractivity contribution in [1.82, 2.24) is 9.97 Å². The summed E-state index contributed by atoms with van der Waals surface area (Å²) in [7, 11) is 2.99. The molecule has 1 aromatic rings. The largest absolute Gasteiger partial charge is 0.464 e. The minimum Gasteiger partial charge on any atom is -0.464 e. The van der Waals surface area contributed by atoms with Crippen molar-refractivity contribution in [3.63, 3.8) is 0 Å². The maximum absolute atomic E-state index is 11.3. The Morgan fingerprint density at radius 3 is 2.50 bits per heavy atom. The molecule has 0 saturated heterocycles. The number of H-pyrrole nitrogens is 1. The van der Waals surface area contributed by atoms with E-state index in [1.807, 2.05) is 13.8 Å². The van der Waals surface area contributed by atoms with Gasteiger partial charge in [-0.3, -0.25) is 0 Å². The van der Waals surface area contributed by atoms with Crippen LogP contribution < -0.4 is 0 Å². The molecule has 16 heavy (non-hydrogen) atoms. The Balaban J connectivity index is 3.03. The Morgan fingerprint density at radius 1 is 1.44 bits per heavy atom. The van der Waals surface area contributed by atoms with Crippen molar-refractivity contribution in [3.8, 4) is 0 Å². The summed E-state index contributed by atoms with van der Waals surface area (Å²) in [5, 5.41) is 0. The van der Waals surface area contributed by atoms with Gasteiger partial charge in [0.15, 0.2) is 0 Å². The molecule has 0 aliphatic rings. The van der Waals surface area contributed by atoms with Crippen molar-refractivity contribution >= 4 is 5.97 Å². The van der Waals surface area contributed by atoms with Gasteiger partial charge >= 0.3 is 5.97 Å². The number of hydrogen-bond acceptors (Lipinski definition) is 4.